The van der Waals surface area contributed by atoms with E-state index in [0.717, 1.165) is 43.4 Å². The fraction of sp³-hybridized carbons (Fsp3) is 0.556. The van der Waals surface area contributed by atoms with Crippen molar-refractivity contribution in [1.82, 2.24) is 14.5 Å². The molecule has 0 saturated carbocycles. The molecule has 1 fully saturated rings. The van der Waals surface area contributed by atoms with Gasteiger partial charge >= 0.3 is 5.69 Å². The molecule has 0 spiro atoms. The van der Waals surface area contributed by atoms with Crippen LogP contribution in [0.5, 0.6) is 0 Å². The molecular formula is C18H25N3O2. The third-order valence-electron chi connectivity index (χ3n) is 5.20. The lowest BCUT2D eigenvalue weighted by Crippen LogP contribution is -2.45. The predicted octanol–water partition coefficient (Wildman–Crippen LogP) is 2.93. The average Bonchev–Trinajstić information content (AvgIpc) is 2.90. The molecule has 1 saturated heterocycles. The Hall–Kier alpha value is -2.04. The number of nitrogens with one attached hydrogen (secondary N) is 1. The third kappa shape index (κ3) is 2.80. The van der Waals surface area contributed by atoms with Gasteiger partial charge in [0, 0.05) is 24.5 Å². The lowest BCUT2D eigenvalue weighted by atomic mass is 9.87. The van der Waals surface area contributed by atoms with Gasteiger partial charge in [0.15, 0.2) is 0 Å². The van der Waals surface area contributed by atoms with Gasteiger partial charge in [-0.3, -0.25) is 9.36 Å². The molecule has 1 N–H and O–H groups in total. The Kier molecular flexibility index (Phi) is 4.04. The first-order valence-electron chi connectivity index (χ1n) is 8.42. The lowest BCUT2D eigenvalue weighted by Gasteiger charge is -2.37. The lowest BCUT2D eigenvalue weighted by molar-refractivity contribution is -0.141. The van der Waals surface area contributed by atoms with Crippen molar-refractivity contribution in [2.75, 3.05) is 13.1 Å². The van der Waals surface area contributed by atoms with Crippen molar-refractivity contribution in [3.8, 4) is 0 Å². The highest BCUT2D eigenvalue weighted by Crippen LogP contribution is 2.29. The van der Waals surface area contributed by atoms with Crippen LogP contribution in [0.25, 0.3) is 11.0 Å². The SMILES string of the molecule is CCC(C)(C)C(=O)N1CCC(n2c(=O)[nH]c3ccccc32)CC1. The van der Waals surface area contributed by atoms with E-state index in [-0.39, 0.29) is 23.1 Å². The zero-order valence-corrected chi connectivity index (χ0v) is 14.1. The number of H-pyrrole nitrogens is 1. The summed E-state index contributed by atoms with van der Waals surface area (Å²) in [6, 6.07) is 7.94. The fourth-order valence-corrected chi connectivity index (χ4v) is 3.34. The van der Waals surface area contributed by atoms with Crippen molar-refractivity contribution in [1.29, 1.82) is 0 Å². The summed E-state index contributed by atoms with van der Waals surface area (Å²) in [6.45, 7) is 7.51. The first-order valence-corrected chi connectivity index (χ1v) is 8.42. The maximum absolute atomic E-state index is 12.6. The van der Waals surface area contributed by atoms with Crippen molar-refractivity contribution < 1.29 is 4.79 Å². The van der Waals surface area contributed by atoms with Crippen LogP contribution in [0, 0.1) is 5.41 Å². The molecule has 0 bridgehead atoms. The van der Waals surface area contributed by atoms with E-state index in [9.17, 15) is 9.59 Å². The summed E-state index contributed by atoms with van der Waals surface area (Å²) in [5, 5.41) is 0. The smallest absolute Gasteiger partial charge is 0.326 e. The molecule has 0 atom stereocenters. The molecule has 5 heteroatoms. The highest BCUT2D eigenvalue weighted by atomic mass is 16.2. The van der Waals surface area contributed by atoms with Gasteiger partial charge in [-0.25, -0.2) is 4.79 Å². The largest absolute Gasteiger partial charge is 0.342 e. The zero-order valence-electron chi connectivity index (χ0n) is 14.1. The van der Waals surface area contributed by atoms with Crippen LogP contribution in [0.3, 0.4) is 0 Å². The quantitative estimate of drug-likeness (QED) is 0.947. The molecule has 0 aliphatic carbocycles. The summed E-state index contributed by atoms with van der Waals surface area (Å²) in [5.41, 5.74) is 1.48. The van der Waals surface area contributed by atoms with E-state index in [0.29, 0.717) is 0 Å². The van der Waals surface area contributed by atoms with Crippen LogP contribution in [0.4, 0.5) is 0 Å². The molecule has 23 heavy (non-hydrogen) atoms. The number of likely N-dealkylation sites (tertiary alicyclic amines) is 1. The third-order valence-corrected chi connectivity index (χ3v) is 5.20. The van der Waals surface area contributed by atoms with E-state index in [1.807, 2.05) is 47.6 Å². The number of hydrogen-bond donors (Lipinski definition) is 1. The Morgan fingerprint density at radius 1 is 1.26 bits per heavy atom. The number of carbonyl (C=O) groups excluding carboxylic acids is 1. The van der Waals surface area contributed by atoms with E-state index in [1.165, 1.54) is 0 Å². The summed E-state index contributed by atoms with van der Waals surface area (Å²) in [7, 11) is 0. The Bertz CT molecular complexity index is 764. The molecule has 0 radical (unpaired) electrons. The summed E-state index contributed by atoms with van der Waals surface area (Å²) in [4.78, 5) is 29.7. The number of aromatic amines is 1. The maximum Gasteiger partial charge on any atom is 0.326 e. The molecule has 1 aliphatic heterocycles. The van der Waals surface area contributed by atoms with Gasteiger partial charge in [-0.05, 0) is 31.4 Å². The number of carbonyl (C=O) groups is 1. The molecule has 3 rings (SSSR count). The van der Waals surface area contributed by atoms with Crippen LogP contribution in [0.2, 0.25) is 0 Å². The van der Waals surface area contributed by atoms with Crippen molar-refractivity contribution in [2.24, 2.45) is 5.41 Å². The van der Waals surface area contributed by atoms with Gasteiger partial charge in [-0.15, -0.1) is 0 Å². The average molecular weight is 315 g/mol. The van der Waals surface area contributed by atoms with E-state index >= 15 is 0 Å². The molecule has 2 heterocycles. The van der Waals surface area contributed by atoms with Gasteiger partial charge in [0.2, 0.25) is 5.91 Å². The molecule has 1 aromatic carbocycles. The number of aromatic nitrogens is 2. The molecule has 0 unspecified atom stereocenters. The van der Waals surface area contributed by atoms with Crippen LogP contribution < -0.4 is 5.69 Å². The highest BCUT2D eigenvalue weighted by molar-refractivity contribution is 5.82. The van der Waals surface area contributed by atoms with Crippen molar-refractivity contribution in [3.63, 3.8) is 0 Å². The number of fused-ring (bicyclic) bond motifs is 1. The zero-order chi connectivity index (χ0) is 16.6. The fourth-order valence-electron chi connectivity index (χ4n) is 3.34. The van der Waals surface area contributed by atoms with Gasteiger partial charge in [0.05, 0.1) is 11.0 Å². The Morgan fingerprint density at radius 3 is 2.57 bits per heavy atom. The van der Waals surface area contributed by atoms with Gasteiger partial charge in [-0.1, -0.05) is 32.9 Å². The predicted molar refractivity (Wildman–Crippen MR) is 91.5 cm³/mol. The molecule has 1 aliphatic rings. The molecule has 1 aromatic heterocycles. The molecule has 2 aromatic rings. The number of hydrogen-bond acceptors (Lipinski definition) is 2. The van der Waals surface area contributed by atoms with Crippen molar-refractivity contribution in [2.45, 2.75) is 46.1 Å². The first-order chi connectivity index (χ1) is 10.9. The van der Waals surface area contributed by atoms with Gasteiger partial charge in [0.25, 0.3) is 0 Å². The highest BCUT2D eigenvalue weighted by Gasteiger charge is 2.33. The molecule has 124 valence electrons. The second-order valence-corrected chi connectivity index (χ2v) is 7.08. The minimum atomic E-state index is -0.301. The molecule has 5 nitrogen and oxygen atoms in total. The van der Waals surface area contributed by atoms with Gasteiger partial charge in [-0.2, -0.15) is 0 Å². The minimum Gasteiger partial charge on any atom is -0.342 e. The van der Waals surface area contributed by atoms with Crippen LogP contribution in [0.1, 0.15) is 46.1 Å². The standard InChI is InChI=1S/C18H25N3O2/c1-4-18(2,3)16(22)20-11-9-13(10-12-20)21-15-8-6-5-7-14(15)19-17(21)23/h5-8,13H,4,9-12H2,1-3H3,(H,19,23). The van der Waals surface area contributed by atoms with E-state index in [1.54, 1.807) is 0 Å². The monoisotopic (exact) mass is 315 g/mol. The van der Waals surface area contributed by atoms with Crippen LogP contribution in [-0.2, 0) is 4.79 Å². The number of rotatable bonds is 3. The number of amides is 1. The van der Waals surface area contributed by atoms with Crippen LogP contribution in [0.15, 0.2) is 29.1 Å². The number of imidazole rings is 1. The summed E-state index contributed by atoms with van der Waals surface area (Å²) < 4.78 is 1.86. The van der Waals surface area contributed by atoms with E-state index in [4.69, 9.17) is 0 Å². The minimum absolute atomic E-state index is 0.0511. The van der Waals surface area contributed by atoms with Crippen molar-refractivity contribution in [3.05, 3.63) is 34.7 Å². The normalized spacial score (nSPS) is 16.9. The summed E-state index contributed by atoms with van der Waals surface area (Å²) in [6.07, 6.45) is 2.49. The second kappa shape index (κ2) is 5.87. The number of nitrogens with zero attached hydrogens (tertiary/aromatic N) is 2. The number of benzene rings is 1. The Labute approximate surface area is 136 Å². The number of piperidine rings is 1. The van der Waals surface area contributed by atoms with Gasteiger partial charge in [0.1, 0.15) is 0 Å². The van der Waals surface area contributed by atoms with Crippen LogP contribution >= 0.6 is 0 Å². The maximum atomic E-state index is 12.6. The Balaban J connectivity index is 1.78. The summed E-state index contributed by atoms with van der Waals surface area (Å²) in [5.74, 6) is 0.227. The van der Waals surface area contributed by atoms with Crippen LogP contribution in [-0.4, -0.2) is 33.4 Å². The Morgan fingerprint density at radius 2 is 1.91 bits per heavy atom. The van der Waals surface area contributed by atoms with Crippen molar-refractivity contribution >= 4 is 16.9 Å². The van der Waals surface area contributed by atoms with Gasteiger partial charge < -0.3 is 9.88 Å². The second-order valence-electron chi connectivity index (χ2n) is 7.08. The van der Waals surface area contributed by atoms with E-state index < -0.39 is 0 Å². The number of para-hydroxylation sites is 2. The molecular weight excluding hydrogens is 290 g/mol. The first kappa shape index (κ1) is 15.8. The van der Waals surface area contributed by atoms with E-state index in [2.05, 4.69) is 11.9 Å². The molecule has 1 amide bonds. The topological polar surface area (TPSA) is 58.1 Å². The summed E-state index contributed by atoms with van der Waals surface area (Å²) >= 11 is 0.